The lowest BCUT2D eigenvalue weighted by molar-refractivity contribution is -0.118. The molecule has 3 aromatic rings. The summed E-state index contributed by atoms with van der Waals surface area (Å²) >= 11 is 5.69. The van der Waals surface area contributed by atoms with Crippen molar-refractivity contribution < 1.29 is 9.18 Å². The van der Waals surface area contributed by atoms with E-state index < -0.39 is 17.8 Å². The van der Waals surface area contributed by atoms with E-state index in [2.05, 4.69) is 10.3 Å². The number of halogens is 2. The van der Waals surface area contributed by atoms with Crippen molar-refractivity contribution in [2.75, 3.05) is 5.32 Å². The van der Waals surface area contributed by atoms with Crippen LogP contribution >= 0.6 is 11.6 Å². The van der Waals surface area contributed by atoms with Crippen LogP contribution in [-0.2, 0) is 4.79 Å². The third kappa shape index (κ3) is 3.00. The average Bonchev–Trinajstić information content (AvgIpc) is 2.58. The molecule has 1 amide bonds. The van der Waals surface area contributed by atoms with E-state index in [4.69, 9.17) is 11.6 Å². The number of nitrogens with zero attached hydrogens (tertiary/aromatic N) is 2. The number of hydrogen-bond donors (Lipinski definition) is 1. The molecule has 3 rings (SSSR count). The van der Waals surface area contributed by atoms with E-state index in [9.17, 15) is 14.0 Å². The molecule has 1 N–H and O–H groups in total. The number of rotatable bonds is 3. The van der Waals surface area contributed by atoms with Gasteiger partial charge in [-0.05, 0) is 37.3 Å². The van der Waals surface area contributed by atoms with E-state index >= 15 is 0 Å². The average molecular weight is 346 g/mol. The molecule has 0 saturated heterocycles. The molecule has 1 aromatic heterocycles. The largest absolute Gasteiger partial charge is 0.324 e. The van der Waals surface area contributed by atoms with Crippen LogP contribution in [0.2, 0.25) is 5.02 Å². The Bertz CT molecular complexity index is 987. The van der Waals surface area contributed by atoms with Gasteiger partial charge in [0.05, 0.1) is 22.3 Å². The van der Waals surface area contributed by atoms with Crippen LogP contribution in [0.4, 0.5) is 10.1 Å². The molecule has 1 atom stereocenters. The fourth-order valence-corrected chi connectivity index (χ4v) is 2.49. The van der Waals surface area contributed by atoms with Gasteiger partial charge in [0.2, 0.25) is 5.91 Å². The molecular formula is C17H13ClFN3O2. The maximum Gasteiger partial charge on any atom is 0.261 e. The smallest absolute Gasteiger partial charge is 0.261 e. The molecule has 7 heteroatoms. The molecule has 5 nitrogen and oxygen atoms in total. The van der Waals surface area contributed by atoms with Gasteiger partial charge in [-0.3, -0.25) is 14.2 Å². The van der Waals surface area contributed by atoms with Crippen LogP contribution in [0.3, 0.4) is 0 Å². The maximum atomic E-state index is 13.2. The Labute approximate surface area is 141 Å². The van der Waals surface area contributed by atoms with Crippen LogP contribution in [0.1, 0.15) is 13.0 Å². The summed E-state index contributed by atoms with van der Waals surface area (Å²) in [7, 11) is 0. The Kier molecular flexibility index (Phi) is 4.31. The maximum absolute atomic E-state index is 13.2. The van der Waals surface area contributed by atoms with Crippen LogP contribution in [0.25, 0.3) is 10.9 Å². The van der Waals surface area contributed by atoms with Crippen LogP contribution in [0, 0.1) is 5.82 Å². The van der Waals surface area contributed by atoms with Gasteiger partial charge in [0.25, 0.3) is 5.56 Å². The third-order valence-electron chi connectivity index (χ3n) is 3.67. The van der Waals surface area contributed by atoms with Crippen molar-refractivity contribution in [3.05, 3.63) is 70.0 Å². The summed E-state index contributed by atoms with van der Waals surface area (Å²) in [6, 6.07) is 9.98. The van der Waals surface area contributed by atoms with Crippen molar-refractivity contribution in [3.8, 4) is 0 Å². The number of carbonyl (C=O) groups is 1. The summed E-state index contributed by atoms with van der Waals surface area (Å²) in [5.74, 6) is -1.01. The van der Waals surface area contributed by atoms with Crippen molar-refractivity contribution in [2.45, 2.75) is 13.0 Å². The SMILES string of the molecule is CC(C(=O)Nc1ccc(F)c(Cl)c1)n1cnc2ccccc2c1=O. The molecule has 0 bridgehead atoms. The van der Waals surface area contributed by atoms with Crippen molar-refractivity contribution in [3.63, 3.8) is 0 Å². The fraction of sp³-hybridized carbons (Fsp3) is 0.118. The third-order valence-corrected chi connectivity index (χ3v) is 3.96. The monoisotopic (exact) mass is 345 g/mol. The van der Waals surface area contributed by atoms with Gasteiger partial charge in [-0.25, -0.2) is 9.37 Å². The lowest BCUT2D eigenvalue weighted by atomic mass is 10.2. The molecule has 0 aliphatic carbocycles. The second-order valence-electron chi connectivity index (χ2n) is 5.27. The normalized spacial score (nSPS) is 12.1. The molecule has 122 valence electrons. The number of benzene rings is 2. The highest BCUT2D eigenvalue weighted by molar-refractivity contribution is 6.31. The summed E-state index contributed by atoms with van der Waals surface area (Å²) in [6.45, 7) is 1.58. The number of anilines is 1. The minimum atomic E-state index is -0.793. The highest BCUT2D eigenvalue weighted by atomic mass is 35.5. The van der Waals surface area contributed by atoms with Crippen LogP contribution in [0.5, 0.6) is 0 Å². The first-order valence-electron chi connectivity index (χ1n) is 7.19. The van der Waals surface area contributed by atoms with E-state index in [1.54, 1.807) is 31.2 Å². The molecule has 0 radical (unpaired) electrons. The number of nitrogens with one attached hydrogen (secondary N) is 1. The Balaban J connectivity index is 1.89. The zero-order valence-electron chi connectivity index (χ0n) is 12.7. The topological polar surface area (TPSA) is 64.0 Å². The first kappa shape index (κ1) is 16.1. The number of hydrogen-bond acceptors (Lipinski definition) is 3. The van der Waals surface area contributed by atoms with Gasteiger partial charge in [-0.15, -0.1) is 0 Å². The molecule has 0 aliphatic rings. The Hall–Kier alpha value is -2.73. The number of para-hydroxylation sites is 1. The summed E-state index contributed by atoms with van der Waals surface area (Å²) in [5.41, 5.74) is 0.608. The number of fused-ring (bicyclic) bond motifs is 1. The van der Waals surface area contributed by atoms with Gasteiger partial charge in [0.1, 0.15) is 11.9 Å². The van der Waals surface area contributed by atoms with Crippen LogP contribution in [0.15, 0.2) is 53.6 Å². The first-order valence-corrected chi connectivity index (χ1v) is 7.57. The Morgan fingerprint density at radius 2 is 2.04 bits per heavy atom. The first-order chi connectivity index (χ1) is 11.5. The number of amides is 1. The predicted octanol–water partition coefficient (Wildman–Crippen LogP) is 3.39. The van der Waals surface area contributed by atoms with Gasteiger partial charge in [0.15, 0.2) is 0 Å². The van der Waals surface area contributed by atoms with E-state index in [1.165, 1.54) is 23.0 Å². The van der Waals surface area contributed by atoms with Crippen LogP contribution in [-0.4, -0.2) is 15.5 Å². The molecule has 0 aliphatic heterocycles. The van der Waals surface area contributed by atoms with E-state index in [0.717, 1.165) is 6.07 Å². The molecule has 0 saturated carbocycles. The summed E-state index contributed by atoms with van der Waals surface area (Å²) in [4.78, 5) is 29.1. The standard InChI is InChI=1S/C17H13ClFN3O2/c1-10(16(23)21-11-6-7-14(19)13(18)8-11)22-9-20-15-5-3-2-4-12(15)17(22)24/h2-10H,1H3,(H,21,23). The molecule has 0 spiro atoms. The molecular weight excluding hydrogens is 333 g/mol. The van der Waals surface area contributed by atoms with Crippen LogP contribution < -0.4 is 10.9 Å². The van der Waals surface area contributed by atoms with Crippen molar-refractivity contribution >= 4 is 34.1 Å². The summed E-state index contributed by atoms with van der Waals surface area (Å²) in [5, 5.41) is 2.95. The quantitative estimate of drug-likeness (QED) is 0.791. The molecule has 2 aromatic carbocycles. The Morgan fingerprint density at radius 1 is 1.29 bits per heavy atom. The van der Waals surface area contributed by atoms with Crippen molar-refractivity contribution in [1.82, 2.24) is 9.55 Å². The Morgan fingerprint density at radius 3 is 2.79 bits per heavy atom. The van der Waals surface area contributed by atoms with Crippen molar-refractivity contribution in [1.29, 1.82) is 0 Å². The summed E-state index contributed by atoms with van der Waals surface area (Å²) < 4.78 is 14.4. The van der Waals surface area contributed by atoms with Gasteiger partial charge >= 0.3 is 0 Å². The molecule has 1 heterocycles. The highest BCUT2D eigenvalue weighted by Gasteiger charge is 2.18. The minimum Gasteiger partial charge on any atom is -0.324 e. The minimum absolute atomic E-state index is 0.0926. The predicted molar refractivity (Wildman–Crippen MR) is 90.8 cm³/mol. The lowest BCUT2D eigenvalue weighted by Gasteiger charge is -2.15. The fourth-order valence-electron chi connectivity index (χ4n) is 2.31. The number of carbonyl (C=O) groups excluding carboxylic acids is 1. The molecule has 24 heavy (non-hydrogen) atoms. The van der Waals surface area contributed by atoms with E-state index in [0.29, 0.717) is 16.6 Å². The summed E-state index contributed by atoms with van der Waals surface area (Å²) in [6.07, 6.45) is 1.34. The van der Waals surface area contributed by atoms with E-state index in [-0.39, 0.29) is 10.6 Å². The van der Waals surface area contributed by atoms with Gasteiger partial charge in [-0.2, -0.15) is 0 Å². The zero-order chi connectivity index (χ0) is 17.3. The van der Waals surface area contributed by atoms with E-state index in [1.807, 2.05) is 0 Å². The van der Waals surface area contributed by atoms with Gasteiger partial charge in [-0.1, -0.05) is 23.7 Å². The number of aromatic nitrogens is 2. The highest BCUT2D eigenvalue weighted by Crippen LogP contribution is 2.20. The second-order valence-corrected chi connectivity index (χ2v) is 5.68. The lowest BCUT2D eigenvalue weighted by Crippen LogP contribution is -2.31. The van der Waals surface area contributed by atoms with Gasteiger partial charge in [0, 0.05) is 5.69 Å². The molecule has 0 fully saturated rings. The molecule has 1 unspecified atom stereocenters. The zero-order valence-corrected chi connectivity index (χ0v) is 13.4. The van der Waals surface area contributed by atoms with Crippen molar-refractivity contribution in [2.24, 2.45) is 0 Å². The second kappa shape index (κ2) is 6.41. The van der Waals surface area contributed by atoms with Gasteiger partial charge < -0.3 is 5.32 Å².